The third-order valence-corrected chi connectivity index (χ3v) is 3.33. The highest BCUT2D eigenvalue weighted by Gasteiger charge is 2.02. The van der Waals surface area contributed by atoms with Gasteiger partial charge in [-0.25, -0.2) is 0 Å². The second kappa shape index (κ2) is 6.24. The molecule has 0 bridgehead atoms. The van der Waals surface area contributed by atoms with E-state index in [0.717, 1.165) is 12.2 Å². The quantitative estimate of drug-likeness (QED) is 0.699. The summed E-state index contributed by atoms with van der Waals surface area (Å²) >= 11 is 0. The number of benzene rings is 2. The van der Waals surface area contributed by atoms with Crippen molar-refractivity contribution in [2.24, 2.45) is 0 Å². The Hall–Kier alpha value is -2.02. The molecule has 0 fully saturated rings. The highest BCUT2D eigenvalue weighted by Crippen LogP contribution is 2.25. The molecule has 0 saturated carbocycles. The molecule has 0 amide bonds. The molecule has 0 N–H and O–H groups in total. The lowest BCUT2D eigenvalue weighted by molar-refractivity contribution is 0.415. The van der Waals surface area contributed by atoms with Gasteiger partial charge in [-0.15, -0.1) is 0 Å². The SMILES string of the molecule is CC/C(=C\c1ccc(OC)cc1)c1ccccc1C. The van der Waals surface area contributed by atoms with E-state index in [-0.39, 0.29) is 0 Å². The van der Waals surface area contributed by atoms with E-state index < -0.39 is 0 Å². The van der Waals surface area contributed by atoms with Crippen molar-refractivity contribution in [2.75, 3.05) is 7.11 Å². The normalized spacial score (nSPS) is 11.4. The van der Waals surface area contributed by atoms with E-state index in [1.165, 1.54) is 22.3 Å². The minimum atomic E-state index is 0.895. The average Bonchev–Trinajstić information content (AvgIpc) is 2.46. The summed E-state index contributed by atoms with van der Waals surface area (Å²) in [5, 5.41) is 0. The molecule has 0 unspecified atom stereocenters. The van der Waals surface area contributed by atoms with Gasteiger partial charge < -0.3 is 4.74 Å². The van der Waals surface area contributed by atoms with Crippen LogP contribution in [0.25, 0.3) is 11.6 Å². The van der Waals surface area contributed by atoms with Crippen molar-refractivity contribution in [1.29, 1.82) is 0 Å². The van der Waals surface area contributed by atoms with Gasteiger partial charge in [-0.1, -0.05) is 49.4 Å². The predicted octanol–water partition coefficient (Wildman–Crippen LogP) is 4.95. The standard InChI is InChI=1S/C18H20O/c1-4-16(18-8-6-5-7-14(18)2)13-15-9-11-17(19-3)12-10-15/h5-13H,4H2,1-3H3/b16-13+. The first-order chi connectivity index (χ1) is 9.24. The molecular formula is C18H20O. The predicted molar refractivity (Wildman–Crippen MR) is 82.3 cm³/mol. The van der Waals surface area contributed by atoms with E-state index >= 15 is 0 Å². The van der Waals surface area contributed by atoms with Crippen LogP contribution in [0.15, 0.2) is 48.5 Å². The van der Waals surface area contributed by atoms with Gasteiger partial charge >= 0.3 is 0 Å². The van der Waals surface area contributed by atoms with Crippen LogP contribution in [-0.4, -0.2) is 7.11 Å². The van der Waals surface area contributed by atoms with E-state index in [0.29, 0.717) is 0 Å². The van der Waals surface area contributed by atoms with Crippen LogP contribution in [0.5, 0.6) is 5.75 Å². The zero-order valence-corrected chi connectivity index (χ0v) is 11.8. The van der Waals surface area contributed by atoms with Crippen molar-refractivity contribution >= 4 is 11.6 Å². The van der Waals surface area contributed by atoms with Gasteiger partial charge in [-0.3, -0.25) is 0 Å². The highest BCUT2D eigenvalue weighted by atomic mass is 16.5. The molecule has 0 atom stereocenters. The first-order valence-electron chi connectivity index (χ1n) is 6.65. The number of ether oxygens (including phenoxy) is 1. The summed E-state index contributed by atoms with van der Waals surface area (Å²) in [7, 11) is 1.69. The smallest absolute Gasteiger partial charge is 0.118 e. The Balaban J connectivity index is 2.35. The van der Waals surface area contributed by atoms with Gasteiger partial charge in [0.15, 0.2) is 0 Å². The van der Waals surface area contributed by atoms with Crippen molar-refractivity contribution in [3.63, 3.8) is 0 Å². The second-order valence-electron chi connectivity index (χ2n) is 4.61. The molecule has 0 saturated heterocycles. The van der Waals surface area contributed by atoms with Gasteiger partial charge in [0.2, 0.25) is 0 Å². The Kier molecular flexibility index (Phi) is 4.40. The topological polar surface area (TPSA) is 9.23 Å². The Labute approximate surface area is 115 Å². The zero-order valence-electron chi connectivity index (χ0n) is 11.8. The minimum Gasteiger partial charge on any atom is -0.497 e. The van der Waals surface area contributed by atoms with Crippen molar-refractivity contribution in [3.05, 3.63) is 65.2 Å². The number of hydrogen-bond donors (Lipinski definition) is 0. The van der Waals surface area contributed by atoms with Crippen LogP contribution in [0.3, 0.4) is 0 Å². The number of aryl methyl sites for hydroxylation is 1. The molecule has 2 aromatic carbocycles. The van der Waals surface area contributed by atoms with Crippen molar-refractivity contribution in [1.82, 2.24) is 0 Å². The lowest BCUT2D eigenvalue weighted by Gasteiger charge is -2.09. The molecule has 0 heterocycles. The van der Waals surface area contributed by atoms with E-state index in [1.54, 1.807) is 7.11 Å². The summed E-state index contributed by atoms with van der Waals surface area (Å²) in [5.41, 5.74) is 5.23. The van der Waals surface area contributed by atoms with Crippen molar-refractivity contribution < 1.29 is 4.74 Å². The van der Waals surface area contributed by atoms with Crippen LogP contribution >= 0.6 is 0 Å². The van der Waals surface area contributed by atoms with E-state index in [4.69, 9.17) is 4.74 Å². The molecule has 2 rings (SSSR count). The molecule has 0 aliphatic heterocycles. The lowest BCUT2D eigenvalue weighted by Crippen LogP contribution is -1.88. The van der Waals surface area contributed by atoms with Crippen molar-refractivity contribution in [3.8, 4) is 5.75 Å². The molecule has 1 nitrogen and oxygen atoms in total. The monoisotopic (exact) mass is 252 g/mol. The van der Waals surface area contributed by atoms with Crippen LogP contribution in [0.2, 0.25) is 0 Å². The summed E-state index contributed by atoms with van der Waals surface area (Å²) in [6.07, 6.45) is 3.28. The summed E-state index contributed by atoms with van der Waals surface area (Å²) in [4.78, 5) is 0. The molecule has 98 valence electrons. The van der Waals surface area contributed by atoms with Gasteiger partial charge in [-0.2, -0.15) is 0 Å². The fraction of sp³-hybridized carbons (Fsp3) is 0.222. The maximum absolute atomic E-state index is 5.18. The third-order valence-electron chi connectivity index (χ3n) is 3.33. The van der Waals surface area contributed by atoms with Crippen LogP contribution in [-0.2, 0) is 0 Å². The number of rotatable bonds is 4. The zero-order chi connectivity index (χ0) is 13.7. The second-order valence-corrected chi connectivity index (χ2v) is 4.61. The van der Waals surface area contributed by atoms with Crippen molar-refractivity contribution in [2.45, 2.75) is 20.3 Å². The summed E-state index contributed by atoms with van der Waals surface area (Å²) < 4.78 is 5.18. The third kappa shape index (κ3) is 3.25. The number of allylic oxidation sites excluding steroid dienone is 1. The molecule has 19 heavy (non-hydrogen) atoms. The summed E-state index contributed by atoms with van der Waals surface area (Å²) in [6, 6.07) is 16.7. The maximum Gasteiger partial charge on any atom is 0.118 e. The Morgan fingerprint density at radius 3 is 2.32 bits per heavy atom. The largest absolute Gasteiger partial charge is 0.497 e. The maximum atomic E-state index is 5.18. The van der Waals surface area contributed by atoms with Gasteiger partial charge in [0.25, 0.3) is 0 Å². The molecular weight excluding hydrogens is 232 g/mol. The van der Waals surface area contributed by atoms with Gasteiger partial charge in [0.1, 0.15) is 5.75 Å². The van der Waals surface area contributed by atoms with Crippen LogP contribution in [0.4, 0.5) is 0 Å². The Morgan fingerprint density at radius 1 is 1.05 bits per heavy atom. The van der Waals surface area contributed by atoms with E-state index in [1.807, 2.05) is 12.1 Å². The van der Waals surface area contributed by atoms with Gasteiger partial charge in [0.05, 0.1) is 7.11 Å². The van der Waals surface area contributed by atoms with Crippen LogP contribution in [0, 0.1) is 6.92 Å². The molecule has 1 heteroatoms. The van der Waals surface area contributed by atoms with Crippen LogP contribution in [0.1, 0.15) is 30.0 Å². The Morgan fingerprint density at radius 2 is 1.74 bits per heavy atom. The first-order valence-corrected chi connectivity index (χ1v) is 6.65. The molecule has 0 spiro atoms. The lowest BCUT2D eigenvalue weighted by atomic mass is 9.97. The minimum absolute atomic E-state index is 0.895. The van der Waals surface area contributed by atoms with Gasteiger partial charge in [0, 0.05) is 0 Å². The van der Waals surface area contributed by atoms with Crippen LogP contribution < -0.4 is 4.74 Å². The fourth-order valence-electron chi connectivity index (χ4n) is 2.20. The molecule has 0 radical (unpaired) electrons. The first kappa shape index (κ1) is 13.4. The fourth-order valence-corrected chi connectivity index (χ4v) is 2.20. The number of hydrogen-bond acceptors (Lipinski definition) is 1. The molecule has 2 aromatic rings. The average molecular weight is 252 g/mol. The number of methoxy groups -OCH3 is 1. The highest BCUT2D eigenvalue weighted by molar-refractivity contribution is 5.82. The Bertz CT molecular complexity index is 564. The van der Waals surface area contributed by atoms with E-state index in [2.05, 4.69) is 56.3 Å². The van der Waals surface area contributed by atoms with Gasteiger partial charge in [-0.05, 0) is 47.7 Å². The molecule has 0 aliphatic rings. The molecule has 0 aromatic heterocycles. The summed E-state index contributed by atoms with van der Waals surface area (Å²) in [6.45, 7) is 4.36. The summed E-state index contributed by atoms with van der Waals surface area (Å²) in [5.74, 6) is 0.895. The van der Waals surface area contributed by atoms with E-state index in [9.17, 15) is 0 Å². The molecule has 0 aliphatic carbocycles.